The van der Waals surface area contributed by atoms with Gasteiger partial charge >= 0.3 is 0 Å². The zero-order valence-corrected chi connectivity index (χ0v) is 20.2. The summed E-state index contributed by atoms with van der Waals surface area (Å²) < 4.78 is 5.53. The van der Waals surface area contributed by atoms with E-state index >= 15 is 0 Å². The maximum atomic E-state index is 11.7. The van der Waals surface area contributed by atoms with Crippen LogP contribution in [0.3, 0.4) is 0 Å². The number of nitrogens with one attached hydrogen (secondary N) is 1. The van der Waals surface area contributed by atoms with Gasteiger partial charge in [-0.1, -0.05) is 42.0 Å². The van der Waals surface area contributed by atoms with Crippen molar-refractivity contribution in [1.82, 2.24) is 10.7 Å². The Kier molecular flexibility index (Phi) is 13.2. The molecule has 0 heterocycles. The van der Waals surface area contributed by atoms with Crippen molar-refractivity contribution in [2.75, 3.05) is 19.8 Å². The lowest BCUT2D eigenvalue weighted by molar-refractivity contribution is -0.491. The van der Waals surface area contributed by atoms with Gasteiger partial charge in [-0.15, -0.1) is 0 Å². The molecule has 1 aliphatic carbocycles. The number of rotatable bonds is 15. The minimum absolute atomic E-state index is 0.0364. The van der Waals surface area contributed by atoms with E-state index in [0.29, 0.717) is 36.5 Å². The van der Waals surface area contributed by atoms with Crippen LogP contribution in [0.25, 0.3) is 0 Å². The second kappa shape index (κ2) is 15.9. The first-order chi connectivity index (χ1) is 16.8. The van der Waals surface area contributed by atoms with Crippen LogP contribution in [0.4, 0.5) is 0 Å². The van der Waals surface area contributed by atoms with Crippen molar-refractivity contribution in [3.05, 3.63) is 53.6 Å². The van der Waals surface area contributed by atoms with Crippen molar-refractivity contribution >= 4 is 17.5 Å². The van der Waals surface area contributed by atoms with Crippen LogP contribution >= 0.6 is 11.6 Å². The number of aliphatic hydroxyl groups excluding tert-OH is 3. The molecule has 11 heteroatoms. The molecule has 6 N–H and O–H groups in total. The number of halogens is 1. The summed E-state index contributed by atoms with van der Waals surface area (Å²) in [4.78, 5) is 16.0. The van der Waals surface area contributed by atoms with E-state index in [9.17, 15) is 20.1 Å². The lowest BCUT2D eigenvalue weighted by Gasteiger charge is -2.19. The number of ether oxygens (including phenoxy) is 1. The van der Waals surface area contributed by atoms with Crippen LogP contribution in [-0.2, 0) is 9.63 Å². The number of nitrogens with zero attached hydrogens (tertiary/aromatic N) is 1. The van der Waals surface area contributed by atoms with Gasteiger partial charge in [-0.3, -0.25) is 15.2 Å². The highest BCUT2D eigenvalue weighted by Gasteiger charge is 2.39. The largest absolute Gasteiger partial charge is 0.491 e. The van der Waals surface area contributed by atoms with Crippen LogP contribution in [0.2, 0.25) is 5.02 Å². The molecule has 1 saturated carbocycles. The minimum Gasteiger partial charge on any atom is -0.491 e. The molecule has 0 aromatic heterocycles. The molecule has 5 atom stereocenters. The van der Waals surface area contributed by atoms with Gasteiger partial charge in [0.25, 0.3) is 0 Å². The molecule has 1 amide bonds. The van der Waals surface area contributed by atoms with Crippen molar-refractivity contribution in [1.29, 1.82) is 0 Å². The van der Waals surface area contributed by atoms with E-state index in [1.54, 1.807) is 36.4 Å². The molecule has 1 aliphatic rings. The van der Waals surface area contributed by atoms with Gasteiger partial charge in [-0.25, -0.2) is 4.84 Å². The molecule has 1 aromatic rings. The van der Waals surface area contributed by atoms with E-state index in [4.69, 9.17) is 26.8 Å². The van der Waals surface area contributed by atoms with Crippen LogP contribution in [0, 0.1) is 11.8 Å². The second-order valence-electron chi connectivity index (χ2n) is 8.37. The zero-order chi connectivity index (χ0) is 25.6. The van der Waals surface area contributed by atoms with Gasteiger partial charge in [0, 0.05) is 30.3 Å². The first kappa shape index (κ1) is 29.2. The number of benzene rings is 1. The fraction of sp³-hybridized carbons (Fsp3) is 0.542. The molecule has 0 radical (unpaired) electrons. The third-order valence-electron chi connectivity index (χ3n) is 5.67. The number of unbranched alkanes of at least 4 members (excludes halogenated alkanes) is 1. The van der Waals surface area contributed by atoms with Gasteiger partial charge in [0.1, 0.15) is 18.5 Å². The van der Waals surface area contributed by atoms with E-state index < -0.39 is 23.7 Å². The van der Waals surface area contributed by atoms with Crippen molar-refractivity contribution in [3.8, 4) is 5.75 Å². The van der Waals surface area contributed by atoms with Gasteiger partial charge in [-0.05, 0) is 43.4 Å². The normalized spacial score (nSPS) is 23.4. The number of aliphatic hydroxyl groups is 3. The average molecular weight is 515 g/mol. The first-order valence-electron chi connectivity index (χ1n) is 11.6. The summed E-state index contributed by atoms with van der Waals surface area (Å²) in [5.41, 5.74) is 0. The lowest BCUT2D eigenvalue weighted by Crippen LogP contribution is -2.29. The van der Waals surface area contributed by atoms with Crippen LogP contribution in [0.15, 0.2) is 48.6 Å². The molecule has 0 bridgehead atoms. The molecule has 0 aliphatic heterocycles. The lowest BCUT2D eigenvalue weighted by atomic mass is 9.89. The summed E-state index contributed by atoms with van der Waals surface area (Å²) >= 11 is 5.92. The highest BCUT2D eigenvalue weighted by molar-refractivity contribution is 6.30. The number of hydrogen-bond acceptors (Lipinski definition) is 9. The van der Waals surface area contributed by atoms with Crippen molar-refractivity contribution in [2.45, 2.75) is 50.4 Å². The summed E-state index contributed by atoms with van der Waals surface area (Å²) in [6, 6.07) is 6.88. The molecule has 1 fully saturated rings. The molecule has 35 heavy (non-hydrogen) atoms. The predicted molar refractivity (Wildman–Crippen MR) is 128 cm³/mol. The molecule has 2 rings (SSSR count). The van der Waals surface area contributed by atoms with Gasteiger partial charge in [0.15, 0.2) is 0 Å². The topological polar surface area (TPSA) is 152 Å². The number of amides is 1. The van der Waals surface area contributed by atoms with Crippen LogP contribution in [0.5, 0.6) is 5.75 Å². The van der Waals surface area contributed by atoms with Crippen molar-refractivity contribution < 1.29 is 40.1 Å². The predicted octanol–water partition coefficient (Wildman–Crippen LogP) is 2.24. The summed E-state index contributed by atoms with van der Waals surface area (Å²) in [7, 11) is 0. The van der Waals surface area contributed by atoms with Gasteiger partial charge in [-0.2, -0.15) is 0 Å². The maximum Gasteiger partial charge on any atom is 0.220 e. The Balaban J connectivity index is 1.70. The smallest absolute Gasteiger partial charge is 0.220 e. The molecule has 1 aromatic carbocycles. The molecular weight excluding hydrogens is 480 g/mol. The van der Waals surface area contributed by atoms with Crippen LogP contribution in [-0.4, -0.2) is 75.1 Å². The molecular formula is C24H35ClN2O8. The van der Waals surface area contributed by atoms with E-state index in [-0.39, 0.29) is 43.9 Å². The van der Waals surface area contributed by atoms with Gasteiger partial charge < -0.3 is 25.4 Å². The first-order valence-corrected chi connectivity index (χ1v) is 12.0. The fourth-order valence-electron chi connectivity index (χ4n) is 3.91. The van der Waals surface area contributed by atoms with Crippen molar-refractivity contribution in [3.63, 3.8) is 0 Å². The second-order valence-corrected chi connectivity index (χ2v) is 8.80. The fourth-order valence-corrected chi connectivity index (χ4v) is 4.09. The number of carbonyl (C=O) groups is 1. The number of hydrogen-bond donors (Lipinski definition) is 6. The Morgan fingerprint density at radius 2 is 2.06 bits per heavy atom. The summed E-state index contributed by atoms with van der Waals surface area (Å²) in [5, 5.41) is 50.4. The van der Waals surface area contributed by atoms with E-state index in [0.717, 1.165) is 0 Å². The van der Waals surface area contributed by atoms with Gasteiger partial charge in [0.2, 0.25) is 5.91 Å². The van der Waals surface area contributed by atoms with Crippen LogP contribution in [0.1, 0.15) is 32.1 Å². The Bertz CT molecular complexity index is 822. The van der Waals surface area contributed by atoms with Crippen LogP contribution < -0.4 is 10.1 Å². The average Bonchev–Trinajstić information content (AvgIpc) is 3.08. The van der Waals surface area contributed by atoms with E-state index in [2.05, 4.69) is 10.2 Å². The third kappa shape index (κ3) is 11.5. The Hall–Kier alpha value is -2.02. The SMILES string of the molecule is O=C(CCC/C=C\C[C@@H]1[C@@H](/C=C/[C@@H](O)COc2cccc(Cl)c2)[C@H](O)C[C@@H]1O)NCCON(O)O. The van der Waals surface area contributed by atoms with E-state index in [1.807, 2.05) is 12.2 Å². The maximum absolute atomic E-state index is 11.7. The molecule has 0 saturated heterocycles. The Labute approximate surface area is 209 Å². The van der Waals surface area contributed by atoms with Gasteiger partial charge in [0.05, 0.1) is 24.2 Å². The van der Waals surface area contributed by atoms with Crippen molar-refractivity contribution in [2.24, 2.45) is 11.8 Å². The Morgan fingerprint density at radius 1 is 1.26 bits per heavy atom. The standard InChI is InChI=1S/C24H35ClN2O8/c25-17-6-5-7-19(14-17)34-16-18(28)10-11-21-20(22(29)15-23(21)30)8-3-1-2-4-9-24(31)26-12-13-35-27(32)33/h1,3,5-7,10-11,14,18,20-23,28-30,32-33H,2,4,8-9,12-13,15-16H2,(H,26,31)/b3-1-,11-10+/t18-,20-,21-,22+,23-/m1/s1. The minimum atomic E-state index is -0.876. The summed E-state index contributed by atoms with van der Waals surface area (Å²) in [6.45, 7) is 0.134. The third-order valence-corrected chi connectivity index (χ3v) is 5.90. The molecule has 10 nitrogen and oxygen atoms in total. The highest BCUT2D eigenvalue weighted by atomic mass is 35.5. The molecule has 196 valence electrons. The number of allylic oxidation sites excluding steroid dienone is 2. The Morgan fingerprint density at radius 3 is 2.80 bits per heavy atom. The zero-order valence-electron chi connectivity index (χ0n) is 19.4. The monoisotopic (exact) mass is 514 g/mol. The highest BCUT2D eigenvalue weighted by Crippen LogP contribution is 2.36. The molecule has 0 unspecified atom stereocenters. The number of carbonyl (C=O) groups excluding carboxylic acids is 1. The quantitative estimate of drug-likeness (QED) is 0.117. The summed E-state index contributed by atoms with van der Waals surface area (Å²) in [6.07, 6.45) is 7.44. The van der Waals surface area contributed by atoms with E-state index in [1.165, 1.54) is 0 Å². The summed E-state index contributed by atoms with van der Waals surface area (Å²) in [5.74, 6) is -0.0888. The molecule has 0 spiro atoms.